The van der Waals surface area contributed by atoms with Crippen LogP contribution < -0.4 is 5.84 Å². The van der Waals surface area contributed by atoms with Gasteiger partial charge in [-0.25, -0.2) is 4.68 Å². The average molecular weight is 279 g/mol. The van der Waals surface area contributed by atoms with E-state index in [1.807, 2.05) is 18.2 Å². The molecule has 0 bridgehead atoms. The molecule has 2 rings (SSSR count). The number of pyridine rings is 1. The van der Waals surface area contributed by atoms with E-state index in [-0.39, 0.29) is 0 Å². The Bertz CT molecular complexity index is 535. The summed E-state index contributed by atoms with van der Waals surface area (Å²) in [6, 6.07) is 5.54. The molecular weight excluding hydrogens is 262 g/mol. The first kappa shape index (κ1) is 13.8. The summed E-state index contributed by atoms with van der Waals surface area (Å²) in [6.45, 7) is 3.56. The molecule has 0 aliphatic carbocycles. The van der Waals surface area contributed by atoms with Crippen LogP contribution >= 0.6 is 11.8 Å². The first-order valence-electron chi connectivity index (χ1n) is 5.94. The molecule has 0 saturated heterocycles. The van der Waals surface area contributed by atoms with Crippen molar-refractivity contribution in [1.82, 2.24) is 19.9 Å². The number of aliphatic hydroxyl groups is 1. The van der Waals surface area contributed by atoms with Crippen LogP contribution in [0, 0.1) is 0 Å². The van der Waals surface area contributed by atoms with Gasteiger partial charge in [0.15, 0.2) is 0 Å². The summed E-state index contributed by atoms with van der Waals surface area (Å²) in [7, 11) is 0. The number of rotatable bonds is 5. The SMILES string of the molecule is CC(C)(O)CCSc1nnc(-c2ccccn2)n1N. The largest absolute Gasteiger partial charge is 0.390 e. The Kier molecular flexibility index (Phi) is 4.06. The highest BCUT2D eigenvalue weighted by Gasteiger charge is 2.16. The highest BCUT2D eigenvalue weighted by Crippen LogP contribution is 2.22. The summed E-state index contributed by atoms with van der Waals surface area (Å²) in [4.78, 5) is 4.19. The second kappa shape index (κ2) is 5.58. The van der Waals surface area contributed by atoms with Gasteiger partial charge < -0.3 is 10.9 Å². The Balaban J connectivity index is 2.07. The van der Waals surface area contributed by atoms with Crippen LogP contribution in [0.4, 0.5) is 0 Å². The van der Waals surface area contributed by atoms with Crippen molar-refractivity contribution >= 4 is 11.8 Å². The molecule has 7 heteroatoms. The number of nitrogen functional groups attached to an aromatic ring is 1. The molecule has 0 aliphatic heterocycles. The molecule has 0 atom stereocenters. The van der Waals surface area contributed by atoms with E-state index in [1.54, 1.807) is 20.0 Å². The van der Waals surface area contributed by atoms with Gasteiger partial charge in [0.25, 0.3) is 0 Å². The minimum absolute atomic E-state index is 0.534. The van der Waals surface area contributed by atoms with Crippen LogP contribution in [0.1, 0.15) is 20.3 Å². The van der Waals surface area contributed by atoms with Crippen molar-refractivity contribution in [3.63, 3.8) is 0 Å². The third-order valence-electron chi connectivity index (χ3n) is 2.50. The lowest BCUT2D eigenvalue weighted by Crippen LogP contribution is -2.19. The number of thioether (sulfide) groups is 1. The van der Waals surface area contributed by atoms with E-state index in [9.17, 15) is 5.11 Å². The number of aromatic nitrogens is 4. The maximum atomic E-state index is 9.65. The standard InChI is InChI=1S/C12H17N5OS/c1-12(2,18)6-8-19-11-16-15-10(17(11)13)9-5-3-4-7-14-9/h3-5,7,18H,6,8,13H2,1-2H3. The predicted octanol–water partition coefficient (Wildman–Crippen LogP) is 1.31. The number of hydrogen-bond acceptors (Lipinski definition) is 6. The molecule has 2 aromatic heterocycles. The summed E-state index contributed by atoms with van der Waals surface area (Å²) in [5, 5.41) is 18.4. The third kappa shape index (κ3) is 3.68. The van der Waals surface area contributed by atoms with Gasteiger partial charge in [-0.05, 0) is 32.4 Å². The van der Waals surface area contributed by atoms with E-state index in [0.29, 0.717) is 23.1 Å². The zero-order valence-electron chi connectivity index (χ0n) is 10.9. The van der Waals surface area contributed by atoms with Crippen LogP contribution in [0.3, 0.4) is 0 Å². The Morgan fingerprint density at radius 1 is 1.37 bits per heavy atom. The molecular formula is C12H17N5OS. The minimum atomic E-state index is -0.684. The van der Waals surface area contributed by atoms with Crippen molar-refractivity contribution in [3.05, 3.63) is 24.4 Å². The van der Waals surface area contributed by atoms with Gasteiger partial charge in [0, 0.05) is 11.9 Å². The molecule has 0 fully saturated rings. The molecule has 3 N–H and O–H groups in total. The summed E-state index contributed by atoms with van der Waals surface area (Å²) in [5.74, 6) is 7.21. The normalized spacial score (nSPS) is 11.7. The van der Waals surface area contributed by atoms with Gasteiger partial charge in [-0.2, -0.15) is 0 Å². The summed E-state index contributed by atoms with van der Waals surface area (Å²) in [5.41, 5.74) is 0.00263. The Morgan fingerprint density at radius 3 is 2.79 bits per heavy atom. The van der Waals surface area contributed by atoms with Crippen LogP contribution in [-0.2, 0) is 0 Å². The first-order valence-corrected chi connectivity index (χ1v) is 6.93. The van der Waals surface area contributed by atoms with Crippen LogP contribution in [0.5, 0.6) is 0 Å². The number of nitrogens with zero attached hydrogens (tertiary/aromatic N) is 4. The predicted molar refractivity (Wildman–Crippen MR) is 75.0 cm³/mol. The molecule has 0 spiro atoms. The molecule has 2 aromatic rings. The Morgan fingerprint density at radius 2 is 2.16 bits per heavy atom. The maximum Gasteiger partial charge on any atom is 0.210 e. The van der Waals surface area contributed by atoms with E-state index in [4.69, 9.17) is 5.84 Å². The smallest absolute Gasteiger partial charge is 0.210 e. The molecule has 0 aromatic carbocycles. The van der Waals surface area contributed by atoms with Gasteiger partial charge in [-0.3, -0.25) is 4.98 Å². The van der Waals surface area contributed by atoms with Crippen molar-refractivity contribution < 1.29 is 5.11 Å². The molecule has 2 heterocycles. The van der Waals surface area contributed by atoms with E-state index >= 15 is 0 Å². The third-order valence-corrected chi connectivity index (χ3v) is 3.45. The van der Waals surface area contributed by atoms with Crippen molar-refractivity contribution in [3.8, 4) is 11.5 Å². The Hall–Kier alpha value is -1.60. The van der Waals surface area contributed by atoms with Crippen LogP contribution in [0.2, 0.25) is 0 Å². The van der Waals surface area contributed by atoms with Gasteiger partial charge in [-0.15, -0.1) is 10.2 Å². The topological polar surface area (TPSA) is 89.9 Å². The number of nitrogens with two attached hydrogens (primary N) is 1. The molecule has 0 radical (unpaired) electrons. The molecule has 0 amide bonds. The van der Waals surface area contributed by atoms with E-state index < -0.39 is 5.60 Å². The molecule has 102 valence electrons. The molecule has 6 nitrogen and oxygen atoms in total. The summed E-state index contributed by atoms with van der Waals surface area (Å²) >= 11 is 1.47. The molecule has 0 saturated carbocycles. The minimum Gasteiger partial charge on any atom is -0.390 e. The fourth-order valence-corrected chi connectivity index (χ4v) is 2.55. The van der Waals surface area contributed by atoms with Gasteiger partial charge in [0.1, 0.15) is 5.69 Å². The van der Waals surface area contributed by atoms with Crippen molar-refractivity contribution in [2.24, 2.45) is 0 Å². The highest BCUT2D eigenvalue weighted by atomic mass is 32.2. The quantitative estimate of drug-likeness (QED) is 0.633. The second-order valence-corrected chi connectivity index (χ2v) is 5.86. The van der Waals surface area contributed by atoms with Crippen LogP contribution in [0.25, 0.3) is 11.5 Å². The van der Waals surface area contributed by atoms with Crippen molar-refractivity contribution in [1.29, 1.82) is 0 Å². The fraction of sp³-hybridized carbons (Fsp3) is 0.417. The van der Waals surface area contributed by atoms with Crippen molar-refractivity contribution in [2.45, 2.75) is 31.0 Å². The monoisotopic (exact) mass is 279 g/mol. The zero-order valence-corrected chi connectivity index (χ0v) is 11.8. The Labute approximate surface area is 116 Å². The van der Waals surface area contributed by atoms with E-state index in [0.717, 1.165) is 5.75 Å². The van der Waals surface area contributed by atoms with Gasteiger partial charge in [0.05, 0.1) is 5.60 Å². The van der Waals surface area contributed by atoms with Gasteiger partial charge in [0.2, 0.25) is 11.0 Å². The second-order valence-electron chi connectivity index (χ2n) is 4.80. The van der Waals surface area contributed by atoms with Crippen LogP contribution in [-0.4, -0.2) is 36.3 Å². The lowest BCUT2D eigenvalue weighted by atomic mass is 10.1. The zero-order chi connectivity index (χ0) is 13.9. The summed E-state index contributed by atoms with van der Waals surface area (Å²) < 4.78 is 1.43. The lowest BCUT2D eigenvalue weighted by Gasteiger charge is -2.15. The molecule has 0 unspecified atom stereocenters. The highest BCUT2D eigenvalue weighted by molar-refractivity contribution is 7.99. The van der Waals surface area contributed by atoms with E-state index in [1.165, 1.54) is 16.4 Å². The summed E-state index contributed by atoms with van der Waals surface area (Å²) in [6.07, 6.45) is 2.34. The number of hydrogen-bond donors (Lipinski definition) is 2. The van der Waals surface area contributed by atoms with Gasteiger partial charge >= 0.3 is 0 Å². The molecule has 19 heavy (non-hydrogen) atoms. The fourth-order valence-electron chi connectivity index (χ4n) is 1.44. The first-order chi connectivity index (χ1) is 8.97. The van der Waals surface area contributed by atoms with Gasteiger partial charge in [-0.1, -0.05) is 17.8 Å². The maximum absolute atomic E-state index is 9.65. The van der Waals surface area contributed by atoms with E-state index in [2.05, 4.69) is 15.2 Å². The average Bonchev–Trinajstić information content (AvgIpc) is 2.71. The van der Waals surface area contributed by atoms with Crippen LogP contribution in [0.15, 0.2) is 29.6 Å². The van der Waals surface area contributed by atoms with Crippen molar-refractivity contribution in [2.75, 3.05) is 11.6 Å². The lowest BCUT2D eigenvalue weighted by molar-refractivity contribution is 0.0777. The molecule has 0 aliphatic rings.